The van der Waals surface area contributed by atoms with Gasteiger partial charge < -0.3 is 11.1 Å². The van der Waals surface area contributed by atoms with Crippen molar-refractivity contribution in [2.45, 2.75) is 37.0 Å². The molecule has 2 rings (SSSR count). The zero-order valence-electron chi connectivity index (χ0n) is 10.1. The Bertz CT molecular complexity index is 384. The Balaban J connectivity index is 2.00. The maximum absolute atomic E-state index is 5.77. The van der Waals surface area contributed by atoms with Crippen LogP contribution < -0.4 is 11.1 Å². The van der Waals surface area contributed by atoms with E-state index in [1.165, 1.54) is 34.9 Å². The van der Waals surface area contributed by atoms with Crippen LogP contribution in [0.1, 0.15) is 25.7 Å². The van der Waals surface area contributed by atoms with E-state index in [1.54, 1.807) is 0 Å². The smallest absolute Gasteiger partial charge is 0.0479 e. The summed E-state index contributed by atoms with van der Waals surface area (Å²) >= 11 is 4.35. The molecule has 1 aromatic rings. The topological polar surface area (TPSA) is 38.0 Å². The highest BCUT2D eigenvalue weighted by Crippen LogP contribution is 2.30. The molecule has 0 aromatic heterocycles. The van der Waals surface area contributed by atoms with Gasteiger partial charge in [0.1, 0.15) is 0 Å². The van der Waals surface area contributed by atoms with Crippen LogP contribution in [0.2, 0.25) is 0 Å². The number of anilines is 2. The molecular formula is C13H19IN2S. The zero-order chi connectivity index (χ0) is 12.3. The van der Waals surface area contributed by atoms with Crippen LogP contribution in [0.25, 0.3) is 0 Å². The molecule has 94 valence electrons. The molecule has 0 bridgehead atoms. The lowest BCUT2D eigenvalue weighted by molar-refractivity contribution is 0.473. The fourth-order valence-electron chi connectivity index (χ4n) is 2.36. The SMILES string of the molecule is CSC1CCCC(Nc2ccc(N)cc2I)C1. The normalized spacial score (nSPS) is 24.6. The van der Waals surface area contributed by atoms with Crippen molar-refractivity contribution in [2.24, 2.45) is 0 Å². The van der Waals surface area contributed by atoms with E-state index in [1.807, 2.05) is 23.9 Å². The molecule has 0 aliphatic heterocycles. The summed E-state index contributed by atoms with van der Waals surface area (Å²) in [5.41, 5.74) is 7.84. The van der Waals surface area contributed by atoms with Gasteiger partial charge in [-0.2, -0.15) is 11.8 Å². The van der Waals surface area contributed by atoms with Crippen LogP contribution in [-0.2, 0) is 0 Å². The Morgan fingerprint density at radius 1 is 1.41 bits per heavy atom. The molecule has 0 radical (unpaired) electrons. The molecule has 1 fully saturated rings. The first kappa shape index (κ1) is 13.3. The van der Waals surface area contributed by atoms with Gasteiger partial charge in [0.05, 0.1) is 0 Å². The van der Waals surface area contributed by atoms with Gasteiger partial charge in [0.25, 0.3) is 0 Å². The lowest BCUT2D eigenvalue weighted by Gasteiger charge is -2.29. The quantitative estimate of drug-likeness (QED) is 0.632. The van der Waals surface area contributed by atoms with Gasteiger partial charge >= 0.3 is 0 Å². The largest absolute Gasteiger partial charge is 0.399 e. The standard InChI is InChI=1S/C13H19IN2S/c1-17-11-4-2-3-10(8-11)16-13-6-5-9(15)7-12(13)14/h5-7,10-11,16H,2-4,8,15H2,1H3. The lowest BCUT2D eigenvalue weighted by atomic mass is 9.95. The highest BCUT2D eigenvalue weighted by Gasteiger charge is 2.21. The van der Waals surface area contributed by atoms with Crippen molar-refractivity contribution in [3.05, 3.63) is 21.8 Å². The van der Waals surface area contributed by atoms with E-state index in [0.29, 0.717) is 6.04 Å². The van der Waals surface area contributed by atoms with E-state index in [2.05, 4.69) is 40.2 Å². The number of benzene rings is 1. The summed E-state index contributed by atoms with van der Waals surface area (Å²) in [6.07, 6.45) is 7.51. The molecule has 2 unspecified atom stereocenters. The third-order valence-corrected chi connectivity index (χ3v) is 5.30. The van der Waals surface area contributed by atoms with Crippen molar-refractivity contribution in [1.82, 2.24) is 0 Å². The molecule has 17 heavy (non-hydrogen) atoms. The van der Waals surface area contributed by atoms with Crippen LogP contribution in [-0.4, -0.2) is 17.5 Å². The summed E-state index contributed by atoms with van der Waals surface area (Å²) in [4.78, 5) is 0. The number of nitrogens with two attached hydrogens (primary N) is 1. The van der Waals surface area contributed by atoms with Gasteiger partial charge in [0.2, 0.25) is 0 Å². The summed E-state index contributed by atoms with van der Waals surface area (Å²) in [5.74, 6) is 0. The van der Waals surface area contributed by atoms with Crippen molar-refractivity contribution in [3.8, 4) is 0 Å². The average Bonchev–Trinajstić information content (AvgIpc) is 2.33. The molecule has 2 atom stereocenters. The minimum atomic E-state index is 0.623. The maximum Gasteiger partial charge on any atom is 0.0479 e. The van der Waals surface area contributed by atoms with Gasteiger partial charge in [-0.05, 0) is 66.3 Å². The summed E-state index contributed by atoms with van der Waals surface area (Å²) in [7, 11) is 0. The van der Waals surface area contributed by atoms with Crippen LogP contribution in [0, 0.1) is 3.57 Å². The van der Waals surface area contributed by atoms with E-state index in [0.717, 1.165) is 10.9 Å². The molecule has 0 spiro atoms. The van der Waals surface area contributed by atoms with Crippen LogP contribution in [0.15, 0.2) is 18.2 Å². The van der Waals surface area contributed by atoms with Crippen LogP contribution in [0.5, 0.6) is 0 Å². The van der Waals surface area contributed by atoms with Crippen molar-refractivity contribution < 1.29 is 0 Å². The van der Waals surface area contributed by atoms with E-state index < -0.39 is 0 Å². The molecule has 1 aromatic carbocycles. The van der Waals surface area contributed by atoms with Crippen LogP contribution in [0.3, 0.4) is 0 Å². The van der Waals surface area contributed by atoms with Gasteiger partial charge in [-0.3, -0.25) is 0 Å². The molecule has 0 heterocycles. The van der Waals surface area contributed by atoms with E-state index >= 15 is 0 Å². The van der Waals surface area contributed by atoms with Crippen molar-refractivity contribution in [2.75, 3.05) is 17.3 Å². The number of nitrogen functional groups attached to an aromatic ring is 1. The Morgan fingerprint density at radius 2 is 2.24 bits per heavy atom. The zero-order valence-corrected chi connectivity index (χ0v) is 13.1. The Hall–Kier alpha value is -0.100. The Labute approximate surface area is 121 Å². The fourth-order valence-corrected chi connectivity index (χ4v) is 3.88. The van der Waals surface area contributed by atoms with Crippen molar-refractivity contribution in [1.29, 1.82) is 0 Å². The first-order valence-corrected chi connectivity index (χ1v) is 8.40. The number of hydrogen-bond donors (Lipinski definition) is 2. The Morgan fingerprint density at radius 3 is 2.94 bits per heavy atom. The van der Waals surface area contributed by atoms with Gasteiger partial charge in [-0.1, -0.05) is 6.42 Å². The van der Waals surface area contributed by atoms with Crippen molar-refractivity contribution >= 4 is 45.7 Å². The molecule has 0 saturated heterocycles. The highest BCUT2D eigenvalue weighted by atomic mass is 127. The van der Waals surface area contributed by atoms with E-state index in [-0.39, 0.29) is 0 Å². The number of nitrogens with one attached hydrogen (secondary N) is 1. The molecule has 1 aliphatic carbocycles. The highest BCUT2D eigenvalue weighted by molar-refractivity contribution is 14.1. The van der Waals surface area contributed by atoms with Gasteiger partial charge in [-0.25, -0.2) is 0 Å². The third-order valence-electron chi connectivity index (χ3n) is 3.31. The van der Waals surface area contributed by atoms with Gasteiger partial charge in [0.15, 0.2) is 0 Å². The predicted octanol–water partition coefficient (Wildman–Crippen LogP) is 3.96. The lowest BCUT2D eigenvalue weighted by Crippen LogP contribution is -2.28. The van der Waals surface area contributed by atoms with Crippen LogP contribution >= 0.6 is 34.4 Å². The first-order chi connectivity index (χ1) is 8.19. The minimum absolute atomic E-state index is 0.623. The number of halogens is 1. The first-order valence-electron chi connectivity index (χ1n) is 6.03. The summed E-state index contributed by atoms with van der Waals surface area (Å²) in [6, 6.07) is 6.72. The van der Waals surface area contributed by atoms with E-state index in [4.69, 9.17) is 5.73 Å². The molecular weight excluding hydrogens is 343 g/mol. The second kappa shape index (κ2) is 6.18. The number of hydrogen-bond acceptors (Lipinski definition) is 3. The molecule has 0 amide bonds. The fraction of sp³-hybridized carbons (Fsp3) is 0.538. The summed E-state index contributed by atoms with van der Waals surface area (Å²) in [6.45, 7) is 0. The third kappa shape index (κ3) is 3.68. The molecule has 2 nitrogen and oxygen atoms in total. The van der Waals surface area contributed by atoms with E-state index in [9.17, 15) is 0 Å². The summed E-state index contributed by atoms with van der Waals surface area (Å²) in [5, 5.41) is 4.49. The predicted molar refractivity (Wildman–Crippen MR) is 86.8 cm³/mol. The molecule has 1 aliphatic rings. The van der Waals surface area contributed by atoms with Gasteiger partial charge in [0, 0.05) is 26.2 Å². The molecule has 1 saturated carbocycles. The molecule has 4 heteroatoms. The second-order valence-corrected chi connectivity index (χ2v) is 6.91. The van der Waals surface area contributed by atoms with Gasteiger partial charge in [-0.15, -0.1) is 0 Å². The number of thioether (sulfide) groups is 1. The van der Waals surface area contributed by atoms with Crippen LogP contribution in [0.4, 0.5) is 11.4 Å². The Kier molecular flexibility index (Phi) is 4.85. The monoisotopic (exact) mass is 362 g/mol. The number of rotatable bonds is 3. The summed E-state index contributed by atoms with van der Waals surface area (Å²) < 4.78 is 1.22. The minimum Gasteiger partial charge on any atom is -0.399 e. The maximum atomic E-state index is 5.77. The second-order valence-electron chi connectivity index (χ2n) is 4.60. The molecule has 3 N–H and O–H groups in total. The van der Waals surface area contributed by atoms with Crippen molar-refractivity contribution in [3.63, 3.8) is 0 Å². The average molecular weight is 362 g/mol.